The summed E-state index contributed by atoms with van der Waals surface area (Å²) in [7, 11) is 0. The number of hydrogen-bond acceptors (Lipinski definition) is 14. The van der Waals surface area contributed by atoms with E-state index in [1.165, 1.54) is 4.88 Å². The maximum absolute atomic E-state index is 13.5. The molecule has 0 radical (unpaired) electrons. The Morgan fingerprint density at radius 1 is 0.919 bits per heavy atom. The molecule has 3 aromatic heterocycles. The number of ether oxygens (including phenoxy) is 3. The second-order valence-corrected chi connectivity index (χ2v) is 16.3. The highest BCUT2D eigenvalue weighted by atomic mass is 35.5. The number of aryl methyl sites for hydroxylation is 2. The lowest BCUT2D eigenvalue weighted by atomic mass is 9.99. The molecule has 17 nitrogen and oxygen atoms in total. The molecule has 320 valence electrons. The summed E-state index contributed by atoms with van der Waals surface area (Å²) >= 11 is 7.89. The number of aromatic nitrogens is 6. The Morgan fingerprint density at radius 3 is 2.45 bits per heavy atom. The van der Waals surface area contributed by atoms with E-state index >= 15 is 0 Å². The van der Waals surface area contributed by atoms with Crippen LogP contribution >= 0.6 is 22.9 Å². The molecule has 19 heteroatoms. The van der Waals surface area contributed by atoms with E-state index in [0.29, 0.717) is 78.5 Å². The standard InChI is InChI=1S/C43H43ClN10O7S/c1-24-25(2)62-43-37(24)39(27-7-9-28(44)10-8-27)47-33(40-51-49-26(3)53(40)43)23-36(56)46-29-11-13-30(14-12-29)61-22-21-60-20-19-59-18-17-45-31-5-4-6-32-38(31)42(58)54(52-50-32)34-15-16-35(55)48-41(34)57/h4-14,33-34,45H,15-23H2,1-3H3,(H,46,56)(H,48,55,57)/t33-,34?/m0/s1. The van der Waals surface area contributed by atoms with Crippen molar-refractivity contribution in [2.24, 2.45) is 4.99 Å². The van der Waals surface area contributed by atoms with Crippen molar-refractivity contribution in [1.82, 2.24) is 35.1 Å². The molecule has 8 rings (SSSR count). The average molecular weight is 879 g/mol. The average Bonchev–Trinajstić information content (AvgIpc) is 3.74. The zero-order valence-electron chi connectivity index (χ0n) is 34.1. The number of aliphatic imine (C=N–C) groups is 1. The fourth-order valence-electron chi connectivity index (χ4n) is 7.32. The van der Waals surface area contributed by atoms with Gasteiger partial charge in [-0.2, -0.15) is 4.68 Å². The molecule has 6 aromatic rings. The Kier molecular flexibility index (Phi) is 12.8. The largest absolute Gasteiger partial charge is 0.491 e. The van der Waals surface area contributed by atoms with Crippen molar-refractivity contribution < 1.29 is 28.6 Å². The molecule has 2 atom stereocenters. The molecule has 1 fully saturated rings. The van der Waals surface area contributed by atoms with Crippen LogP contribution in [0.3, 0.4) is 0 Å². The van der Waals surface area contributed by atoms with E-state index in [2.05, 4.69) is 50.3 Å². The van der Waals surface area contributed by atoms with Crippen LogP contribution in [0.4, 0.5) is 11.4 Å². The van der Waals surface area contributed by atoms with Gasteiger partial charge in [0.1, 0.15) is 40.8 Å². The molecule has 3 N–H and O–H groups in total. The van der Waals surface area contributed by atoms with Crippen molar-refractivity contribution in [3.8, 4) is 10.8 Å². The van der Waals surface area contributed by atoms with Crippen molar-refractivity contribution in [2.45, 2.75) is 52.1 Å². The van der Waals surface area contributed by atoms with Gasteiger partial charge in [0.2, 0.25) is 11.8 Å². The Bertz CT molecular complexity index is 2730. The van der Waals surface area contributed by atoms with Crippen molar-refractivity contribution in [1.29, 1.82) is 0 Å². The third-order valence-electron chi connectivity index (χ3n) is 10.5. The summed E-state index contributed by atoms with van der Waals surface area (Å²) in [5.74, 6) is 0.778. The Balaban J connectivity index is 0.777. The fraction of sp³-hybridized carbons (Fsp3) is 0.326. The van der Waals surface area contributed by atoms with Crippen LogP contribution in [0.1, 0.15) is 64.6 Å². The van der Waals surface area contributed by atoms with Gasteiger partial charge in [-0.05, 0) is 81.3 Å². The van der Waals surface area contributed by atoms with Crippen LogP contribution in [-0.2, 0) is 23.9 Å². The van der Waals surface area contributed by atoms with Gasteiger partial charge in [-0.1, -0.05) is 35.0 Å². The van der Waals surface area contributed by atoms with E-state index in [4.69, 9.17) is 30.8 Å². The molecule has 3 aromatic carbocycles. The minimum absolute atomic E-state index is 0.0499. The van der Waals surface area contributed by atoms with E-state index in [1.807, 2.05) is 35.8 Å². The fourth-order valence-corrected chi connectivity index (χ4v) is 8.66. The zero-order valence-corrected chi connectivity index (χ0v) is 35.7. The number of amides is 3. The molecule has 0 aliphatic carbocycles. The summed E-state index contributed by atoms with van der Waals surface area (Å²) in [6.07, 6.45) is 0.340. The van der Waals surface area contributed by atoms with Crippen LogP contribution in [-0.4, -0.2) is 92.8 Å². The summed E-state index contributed by atoms with van der Waals surface area (Å²) in [6.45, 7) is 8.17. The number of nitrogens with one attached hydrogen (secondary N) is 3. The van der Waals surface area contributed by atoms with Gasteiger partial charge in [-0.15, -0.1) is 26.6 Å². The van der Waals surface area contributed by atoms with Gasteiger partial charge < -0.3 is 24.8 Å². The van der Waals surface area contributed by atoms with Gasteiger partial charge in [0.25, 0.3) is 11.5 Å². The van der Waals surface area contributed by atoms with Gasteiger partial charge in [-0.3, -0.25) is 34.1 Å². The molecule has 1 unspecified atom stereocenters. The lowest BCUT2D eigenvalue weighted by molar-refractivity contribution is -0.136. The summed E-state index contributed by atoms with van der Waals surface area (Å²) in [5.41, 5.74) is 4.86. The quantitative estimate of drug-likeness (QED) is 0.0822. The number of carbonyl (C=O) groups excluding carboxylic acids is 3. The monoisotopic (exact) mass is 878 g/mol. The van der Waals surface area contributed by atoms with Crippen LogP contribution < -0.4 is 26.2 Å². The SMILES string of the molecule is Cc1sc2c(c1C)C(c1ccc(Cl)cc1)=N[C@@H](CC(=O)Nc1ccc(OCCOCCOCCNc3cccc4nnn(C5CCC(=O)NC5=O)c(=O)c34)cc1)c1nnc(C)n1-2. The number of fused-ring (bicyclic) bond motifs is 4. The van der Waals surface area contributed by atoms with E-state index in [1.54, 1.807) is 53.8 Å². The number of hydrogen-bond donors (Lipinski definition) is 3. The lowest BCUT2D eigenvalue weighted by Gasteiger charge is -2.21. The number of rotatable bonds is 16. The van der Waals surface area contributed by atoms with Gasteiger partial charge in [-0.25, -0.2) is 0 Å². The van der Waals surface area contributed by atoms with Crippen LogP contribution in [0.25, 0.3) is 15.9 Å². The highest BCUT2D eigenvalue weighted by molar-refractivity contribution is 7.15. The van der Waals surface area contributed by atoms with Gasteiger partial charge in [0.15, 0.2) is 5.82 Å². The molecular weight excluding hydrogens is 836 g/mol. The van der Waals surface area contributed by atoms with Crippen LogP contribution in [0.2, 0.25) is 5.02 Å². The number of imide groups is 1. The Hall–Kier alpha value is -6.34. The first kappa shape index (κ1) is 42.4. The molecule has 0 saturated carbocycles. The number of carbonyl (C=O) groups is 3. The zero-order chi connectivity index (χ0) is 43.3. The first-order valence-corrected chi connectivity index (χ1v) is 21.3. The van der Waals surface area contributed by atoms with Crippen molar-refractivity contribution in [2.75, 3.05) is 50.2 Å². The van der Waals surface area contributed by atoms with E-state index < -0.39 is 23.6 Å². The Labute approximate surface area is 364 Å². The molecule has 0 bridgehead atoms. The Morgan fingerprint density at radius 2 is 1.68 bits per heavy atom. The van der Waals surface area contributed by atoms with Gasteiger partial charge >= 0.3 is 0 Å². The predicted molar refractivity (Wildman–Crippen MR) is 234 cm³/mol. The van der Waals surface area contributed by atoms with E-state index in [9.17, 15) is 19.2 Å². The van der Waals surface area contributed by atoms with Crippen molar-refractivity contribution >= 4 is 68.6 Å². The smallest absolute Gasteiger partial charge is 0.280 e. The molecule has 62 heavy (non-hydrogen) atoms. The first-order chi connectivity index (χ1) is 30.0. The highest BCUT2D eigenvalue weighted by Crippen LogP contribution is 2.40. The molecule has 2 aliphatic heterocycles. The van der Waals surface area contributed by atoms with E-state index in [0.717, 1.165) is 37.9 Å². The van der Waals surface area contributed by atoms with Crippen molar-refractivity contribution in [3.05, 3.63) is 115 Å². The number of halogens is 1. The van der Waals surface area contributed by atoms with Crippen LogP contribution in [0.5, 0.6) is 5.75 Å². The minimum atomic E-state index is -0.907. The number of thiophene rings is 1. The molecule has 1 saturated heterocycles. The number of anilines is 2. The second kappa shape index (κ2) is 18.7. The predicted octanol–water partition coefficient (Wildman–Crippen LogP) is 5.44. The van der Waals surface area contributed by atoms with Gasteiger partial charge in [0.05, 0.1) is 43.9 Å². The van der Waals surface area contributed by atoms with Crippen molar-refractivity contribution in [3.63, 3.8) is 0 Å². The number of nitrogens with zero attached hydrogens (tertiary/aromatic N) is 7. The van der Waals surface area contributed by atoms with E-state index in [-0.39, 0.29) is 31.1 Å². The maximum Gasteiger partial charge on any atom is 0.280 e. The first-order valence-electron chi connectivity index (χ1n) is 20.1. The van der Waals surface area contributed by atoms with Crippen LogP contribution in [0.15, 0.2) is 76.5 Å². The lowest BCUT2D eigenvalue weighted by Crippen LogP contribution is -2.45. The number of benzene rings is 3. The third-order valence-corrected chi connectivity index (χ3v) is 12.0. The number of piperidine rings is 1. The molecule has 2 aliphatic rings. The summed E-state index contributed by atoms with van der Waals surface area (Å²) < 4.78 is 20.3. The molecule has 3 amide bonds. The highest BCUT2D eigenvalue weighted by Gasteiger charge is 2.33. The maximum atomic E-state index is 13.5. The normalized spacial score (nSPS) is 16.0. The minimum Gasteiger partial charge on any atom is -0.491 e. The second-order valence-electron chi connectivity index (χ2n) is 14.7. The third kappa shape index (κ3) is 9.13. The molecule has 0 spiro atoms. The van der Waals surface area contributed by atoms with Crippen LogP contribution in [0, 0.1) is 20.8 Å². The topological polar surface area (TPSA) is 206 Å². The molecule has 5 heterocycles. The molecular formula is C43H43ClN10O7S. The summed E-state index contributed by atoms with van der Waals surface area (Å²) in [5, 5.41) is 27.3. The summed E-state index contributed by atoms with van der Waals surface area (Å²) in [4.78, 5) is 57.1. The van der Waals surface area contributed by atoms with Gasteiger partial charge in [0, 0.05) is 45.4 Å². The summed E-state index contributed by atoms with van der Waals surface area (Å²) in [6, 6.07) is 18.4.